The van der Waals surface area contributed by atoms with Gasteiger partial charge >= 0.3 is 0 Å². The number of nitrogens with one attached hydrogen (secondary N) is 2. The minimum absolute atomic E-state index is 0.199. The number of carbonyl (C=O) groups excluding carboxylic acids is 1. The highest BCUT2D eigenvalue weighted by atomic mass is 16.5. The van der Waals surface area contributed by atoms with Gasteiger partial charge in [-0.05, 0) is 25.3 Å². The average Bonchev–Trinajstić information content (AvgIpc) is 2.95. The van der Waals surface area contributed by atoms with Gasteiger partial charge in [-0.2, -0.15) is 0 Å². The van der Waals surface area contributed by atoms with E-state index in [9.17, 15) is 9.90 Å². The quantitative estimate of drug-likeness (QED) is 0.715. The molecule has 0 aliphatic carbocycles. The Bertz CT molecular complexity index is 436. The molecule has 1 atom stereocenters. The van der Waals surface area contributed by atoms with Crippen LogP contribution in [-0.4, -0.2) is 41.4 Å². The Labute approximate surface area is 112 Å². The molecule has 1 aromatic rings. The van der Waals surface area contributed by atoms with Crippen molar-refractivity contribution in [3.05, 3.63) is 17.5 Å². The molecule has 0 aromatic carbocycles. The molecular formula is C13H21N3O3. The van der Waals surface area contributed by atoms with E-state index in [-0.39, 0.29) is 18.2 Å². The lowest BCUT2D eigenvalue weighted by molar-refractivity contribution is 0.0551. The van der Waals surface area contributed by atoms with E-state index in [1.165, 1.54) is 0 Å². The predicted octanol–water partition coefficient (Wildman–Crippen LogP) is 0.327. The van der Waals surface area contributed by atoms with Gasteiger partial charge in [0.2, 0.25) is 5.76 Å². The third kappa shape index (κ3) is 3.78. The van der Waals surface area contributed by atoms with Crippen LogP contribution in [0.1, 0.15) is 36.5 Å². The van der Waals surface area contributed by atoms with Crippen LogP contribution in [0.5, 0.6) is 0 Å². The van der Waals surface area contributed by atoms with Crippen LogP contribution in [-0.2, 0) is 6.42 Å². The molecule has 106 valence electrons. The Hall–Kier alpha value is -1.40. The molecule has 0 saturated carbocycles. The molecule has 2 heterocycles. The molecule has 1 aromatic heterocycles. The lowest BCUT2D eigenvalue weighted by Crippen LogP contribution is -2.44. The van der Waals surface area contributed by atoms with Crippen molar-refractivity contribution in [2.75, 3.05) is 19.6 Å². The van der Waals surface area contributed by atoms with Crippen molar-refractivity contribution in [2.45, 2.75) is 32.3 Å². The summed E-state index contributed by atoms with van der Waals surface area (Å²) in [4.78, 5) is 11.9. The molecule has 1 saturated heterocycles. The van der Waals surface area contributed by atoms with Crippen LogP contribution >= 0.6 is 0 Å². The number of rotatable bonds is 5. The summed E-state index contributed by atoms with van der Waals surface area (Å²) in [6.45, 7) is 5.66. The number of amides is 1. The van der Waals surface area contributed by atoms with Crippen LogP contribution in [0, 0.1) is 5.92 Å². The molecule has 19 heavy (non-hydrogen) atoms. The molecule has 1 aliphatic rings. The fourth-order valence-electron chi connectivity index (χ4n) is 2.15. The number of nitrogens with zero attached hydrogens (tertiary/aromatic N) is 1. The average molecular weight is 267 g/mol. The van der Waals surface area contributed by atoms with Crippen molar-refractivity contribution >= 4 is 5.91 Å². The van der Waals surface area contributed by atoms with Crippen molar-refractivity contribution in [2.24, 2.45) is 5.92 Å². The van der Waals surface area contributed by atoms with Crippen LogP contribution in [0.25, 0.3) is 0 Å². The van der Waals surface area contributed by atoms with E-state index < -0.39 is 5.60 Å². The fourth-order valence-corrected chi connectivity index (χ4v) is 2.15. The summed E-state index contributed by atoms with van der Waals surface area (Å²) in [5.41, 5.74) is -0.0717. The van der Waals surface area contributed by atoms with Gasteiger partial charge in [-0.25, -0.2) is 0 Å². The summed E-state index contributed by atoms with van der Waals surface area (Å²) in [5.74, 6) is 0.333. The number of aromatic nitrogens is 1. The van der Waals surface area contributed by atoms with Crippen LogP contribution in [0.2, 0.25) is 0 Å². The largest absolute Gasteiger partial charge is 0.387 e. The Morgan fingerprint density at radius 3 is 3.11 bits per heavy atom. The van der Waals surface area contributed by atoms with Gasteiger partial charge in [-0.3, -0.25) is 4.79 Å². The zero-order valence-electron chi connectivity index (χ0n) is 11.4. The van der Waals surface area contributed by atoms with E-state index in [0.717, 1.165) is 18.7 Å². The van der Waals surface area contributed by atoms with Crippen molar-refractivity contribution in [1.29, 1.82) is 0 Å². The summed E-state index contributed by atoms with van der Waals surface area (Å²) in [5, 5.41) is 19.7. The van der Waals surface area contributed by atoms with E-state index in [4.69, 9.17) is 4.52 Å². The number of aliphatic hydroxyl groups is 1. The molecule has 1 aliphatic heterocycles. The molecule has 0 spiro atoms. The van der Waals surface area contributed by atoms with E-state index >= 15 is 0 Å². The smallest absolute Gasteiger partial charge is 0.290 e. The number of hydrogen-bond donors (Lipinski definition) is 3. The van der Waals surface area contributed by atoms with Gasteiger partial charge in [0.15, 0.2) is 0 Å². The zero-order chi connectivity index (χ0) is 13.9. The Balaban J connectivity index is 1.87. The van der Waals surface area contributed by atoms with Gasteiger partial charge in [0.25, 0.3) is 5.91 Å². The third-order valence-electron chi connectivity index (χ3n) is 3.20. The molecule has 6 nitrogen and oxygen atoms in total. The maximum Gasteiger partial charge on any atom is 0.290 e. The summed E-state index contributed by atoms with van der Waals surface area (Å²) in [6.07, 6.45) is 1.42. The monoisotopic (exact) mass is 267 g/mol. The van der Waals surface area contributed by atoms with E-state index in [0.29, 0.717) is 18.9 Å². The van der Waals surface area contributed by atoms with E-state index in [2.05, 4.69) is 29.6 Å². The minimum Gasteiger partial charge on any atom is -0.387 e. The van der Waals surface area contributed by atoms with E-state index in [1.807, 2.05) is 0 Å². The number of carbonyl (C=O) groups is 1. The number of hydrogen-bond acceptors (Lipinski definition) is 5. The van der Waals surface area contributed by atoms with Crippen molar-refractivity contribution in [3.8, 4) is 0 Å². The first-order valence-electron chi connectivity index (χ1n) is 6.65. The highest BCUT2D eigenvalue weighted by Crippen LogP contribution is 2.13. The summed E-state index contributed by atoms with van der Waals surface area (Å²) in [7, 11) is 0. The Morgan fingerprint density at radius 2 is 2.47 bits per heavy atom. The first kappa shape index (κ1) is 14.0. The van der Waals surface area contributed by atoms with Gasteiger partial charge in [0.05, 0.1) is 11.3 Å². The highest BCUT2D eigenvalue weighted by Gasteiger charge is 2.31. The lowest BCUT2D eigenvalue weighted by Gasteiger charge is -2.20. The minimum atomic E-state index is -0.851. The summed E-state index contributed by atoms with van der Waals surface area (Å²) < 4.78 is 5.02. The second kappa shape index (κ2) is 5.71. The second-order valence-corrected chi connectivity index (χ2v) is 5.61. The summed E-state index contributed by atoms with van der Waals surface area (Å²) in [6, 6.07) is 1.66. The van der Waals surface area contributed by atoms with Crippen LogP contribution in [0.3, 0.4) is 0 Å². The molecular weight excluding hydrogens is 246 g/mol. The third-order valence-corrected chi connectivity index (χ3v) is 3.20. The van der Waals surface area contributed by atoms with Gasteiger partial charge in [0.1, 0.15) is 0 Å². The standard InChI is InChI=1S/C13H21N3O3/c1-9(2)5-10-6-11(19-16-10)12(17)15-8-13(18)3-4-14-7-13/h6,9,14,18H,3-5,7-8H2,1-2H3,(H,15,17)/t13-/m1/s1. The fraction of sp³-hybridized carbons (Fsp3) is 0.692. The predicted molar refractivity (Wildman–Crippen MR) is 69.8 cm³/mol. The molecule has 0 bridgehead atoms. The zero-order valence-corrected chi connectivity index (χ0v) is 11.4. The van der Waals surface area contributed by atoms with Gasteiger partial charge < -0.3 is 20.3 Å². The molecule has 1 amide bonds. The van der Waals surface area contributed by atoms with Gasteiger partial charge in [-0.15, -0.1) is 0 Å². The van der Waals surface area contributed by atoms with Crippen LogP contribution in [0.4, 0.5) is 0 Å². The molecule has 6 heteroatoms. The molecule has 1 fully saturated rings. The van der Waals surface area contributed by atoms with Gasteiger partial charge in [-0.1, -0.05) is 19.0 Å². The first-order valence-corrected chi connectivity index (χ1v) is 6.65. The maximum atomic E-state index is 11.9. The normalized spacial score (nSPS) is 22.9. The van der Waals surface area contributed by atoms with Crippen molar-refractivity contribution < 1.29 is 14.4 Å². The molecule has 0 unspecified atom stereocenters. The second-order valence-electron chi connectivity index (χ2n) is 5.61. The van der Waals surface area contributed by atoms with Crippen LogP contribution < -0.4 is 10.6 Å². The van der Waals surface area contributed by atoms with Crippen LogP contribution in [0.15, 0.2) is 10.6 Å². The molecule has 0 radical (unpaired) electrons. The maximum absolute atomic E-state index is 11.9. The Morgan fingerprint density at radius 1 is 1.68 bits per heavy atom. The number of β-amino-alcohol motifs (C(OH)–C–C–N with tert-alkyl or cyclic N) is 1. The lowest BCUT2D eigenvalue weighted by atomic mass is 10.0. The topological polar surface area (TPSA) is 87.4 Å². The first-order chi connectivity index (χ1) is 8.98. The van der Waals surface area contributed by atoms with Crippen molar-refractivity contribution in [3.63, 3.8) is 0 Å². The Kier molecular flexibility index (Phi) is 4.21. The summed E-state index contributed by atoms with van der Waals surface area (Å²) >= 11 is 0. The molecule has 2 rings (SSSR count). The van der Waals surface area contributed by atoms with Gasteiger partial charge in [0, 0.05) is 19.2 Å². The van der Waals surface area contributed by atoms with E-state index in [1.54, 1.807) is 6.07 Å². The SMILES string of the molecule is CC(C)Cc1cc(C(=O)NC[C@@]2(O)CCNC2)on1. The van der Waals surface area contributed by atoms with Crippen molar-refractivity contribution in [1.82, 2.24) is 15.8 Å². The highest BCUT2D eigenvalue weighted by molar-refractivity contribution is 5.91. The molecule has 3 N–H and O–H groups in total.